The Morgan fingerprint density at radius 1 is 1.08 bits per heavy atom. The molecule has 0 amide bonds. The smallest absolute Gasteiger partial charge is 0.250 e. The highest BCUT2D eigenvalue weighted by molar-refractivity contribution is 6.39. The van der Waals surface area contributed by atoms with Crippen LogP contribution in [0.1, 0.15) is 23.8 Å². The summed E-state index contributed by atoms with van der Waals surface area (Å²) in [7, 11) is 0. The van der Waals surface area contributed by atoms with Gasteiger partial charge in [-0.2, -0.15) is 0 Å². The van der Waals surface area contributed by atoms with Crippen LogP contribution in [0.4, 0.5) is 0 Å². The minimum Gasteiger partial charge on any atom is -0.493 e. The van der Waals surface area contributed by atoms with Crippen molar-refractivity contribution in [1.82, 2.24) is 15.4 Å². The van der Waals surface area contributed by atoms with Crippen molar-refractivity contribution in [2.75, 3.05) is 6.61 Å². The van der Waals surface area contributed by atoms with Crippen molar-refractivity contribution >= 4 is 23.2 Å². The molecule has 8 heteroatoms. The van der Waals surface area contributed by atoms with E-state index in [-0.39, 0.29) is 5.89 Å². The van der Waals surface area contributed by atoms with Gasteiger partial charge in [0, 0.05) is 19.4 Å². The van der Waals surface area contributed by atoms with Crippen LogP contribution in [0.2, 0.25) is 10.0 Å². The lowest BCUT2D eigenvalue weighted by Gasteiger charge is -2.09. The Hall–Kier alpha value is -2.05. The normalized spacial score (nSPS) is 11.0. The minimum absolute atomic E-state index is 0.287. The van der Waals surface area contributed by atoms with Gasteiger partial charge < -0.3 is 13.7 Å². The topological polar surface area (TPSA) is 74.2 Å². The quantitative estimate of drug-likeness (QED) is 0.589. The Balaban J connectivity index is 1.62. The molecule has 2 heterocycles. The van der Waals surface area contributed by atoms with Gasteiger partial charge in [-0.25, -0.2) is 0 Å². The Kier molecular flexibility index (Phi) is 5.06. The van der Waals surface area contributed by atoms with Crippen molar-refractivity contribution in [3.8, 4) is 17.2 Å². The van der Waals surface area contributed by atoms with Crippen LogP contribution in [0, 0.1) is 13.8 Å². The van der Waals surface area contributed by atoms with Crippen LogP contribution in [0.15, 0.2) is 27.1 Å². The van der Waals surface area contributed by atoms with E-state index < -0.39 is 0 Å². The van der Waals surface area contributed by atoms with Gasteiger partial charge in [0.1, 0.15) is 11.5 Å². The molecule has 0 spiro atoms. The standard InChI is InChI=1S/C16H15Cl2N3O3/c1-9-6-11(24-21-9)4-3-5-22-12-7-13(17)15(14(18)8-12)16-20-19-10(2)23-16/h6-8H,3-5H2,1-2H3. The number of aromatic nitrogens is 3. The van der Waals surface area contributed by atoms with E-state index >= 15 is 0 Å². The molecule has 2 aromatic heterocycles. The first kappa shape index (κ1) is 16.8. The third-order valence-corrected chi connectivity index (χ3v) is 3.86. The molecule has 24 heavy (non-hydrogen) atoms. The molecule has 0 fully saturated rings. The number of aryl methyl sites for hydroxylation is 3. The van der Waals surface area contributed by atoms with Crippen molar-refractivity contribution in [2.24, 2.45) is 0 Å². The highest BCUT2D eigenvalue weighted by Crippen LogP contribution is 2.37. The maximum absolute atomic E-state index is 6.27. The largest absolute Gasteiger partial charge is 0.493 e. The molecular weight excluding hydrogens is 353 g/mol. The van der Waals surface area contributed by atoms with Crippen LogP contribution in [-0.2, 0) is 6.42 Å². The number of halogens is 2. The van der Waals surface area contributed by atoms with E-state index in [1.54, 1.807) is 19.1 Å². The van der Waals surface area contributed by atoms with Gasteiger partial charge in [-0.15, -0.1) is 10.2 Å². The lowest BCUT2D eigenvalue weighted by atomic mass is 10.2. The summed E-state index contributed by atoms with van der Waals surface area (Å²) in [5.74, 6) is 2.16. The van der Waals surface area contributed by atoms with Crippen LogP contribution in [0.3, 0.4) is 0 Å². The highest BCUT2D eigenvalue weighted by Gasteiger charge is 2.16. The SMILES string of the molecule is Cc1cc(CCCOc2cc(Cl)c(-c3nnc(C)o3)c(Cl)c2)on1. The zero-order valence-corrected chi connectivity index (χ0v) is 14.7. The molecule has 0 aliphatic rings. The summed E-state index contributed by atoms with van der Waals surface area (Å²) in [4.78, 5) is 0. The van der Waals surface area contributed by atoms with Crippen molar-refractivity contribution in [1.29, 1.82) is 0 Å². The van der Waals surface area contributed by atoms with E-state index in [0.717, 1.165) is 24.3 Å². The van der Waals surface area contributed by atoms with Gasteiger partial charge in [0.15, 0.2) is 0 Å². The van der Waals surface area contributed by atoms with Crippen molar-refractivity contribution in [3.63, 3.8) is 0 Å². The highest BCUT2D eigenvalue weighted by atomic mass is 35.5. The second-order valence-electron chi connectivity index (χ2n) is 5.27. The summed E-state index contributed by atoms with van der Waals surface area (Å²) in [6, 6.07) is 5.27. The number of nitrogens with zero attached hydrogens (tertiary/aromatic N) is 3. The number of hydrogen-bond acceptors (Lipinski definition) is 6. The van der Waals surface area contributed by atoms with Crippen molar-refractivity contribution in [2.45, 2.75) is 26.7 Å². The van der Waals surface area contributed by atoms with Gasteiger partial charge in [-0.1, -0.05) is 28.4 Å². The zero-order chi connectivity index (χ0) is 17.1. The zero-order valence-electron chi connectivity index (χ0n) is 13.2. The summed E-state index contributed by atoms with van der Waals surface area (Å²) in [6.07, 6.45) is 1.54. The average Bonchev–Trinajstić information content (AvgIpc) is 3.12. The van der Waals surface area contributed by atoms with Gasteiger partial charge in [0.25, 0.3) is 5.89 Å². The second kappa shape index (κ2) is 7.23. The fourth-order valence-electron chi connectivity index (χ4n) is 2.21. The predicted molar refractivity (Wildman–Crippen MR) is 89.5 cm³/mol. The Labute approximate surface area is 148 Å². The van der Waals surface area contributed by atoms with Crippen molar-refractivity contribution < 1.29 is 13.7 Å². The van der Waals surface area contributed by atoms with Gasteiger partial charge in [-0.3, -0.25) is 0 Å². The lowest BCUT2D eigenvalue weighted by Crippen LogP contribution is -1.99. The van der Waals surface area contributed by atoms with Crippen LogP contribution in [0.25, 0.3) is 11.5 Å². The fraction of sp³-hybridized carbons (Fsp3) is 0.312. The Bertz CT molecular complexity index is 822. The molecule has 0 saturated carbocycles. The molecule has 126 valence electrons. The molecule has 0 saturated heterocycles. The molecule has 3 aromatic rings. The molecule has 1 aromatic carbocycles. The fourth-order valence-corrected chi connectivity index (χ4v) is 2.83. The summed E-state index contributed by atoms with van der Waals surface area (Å²) in [5, 5.41) is 12.4. The van der Waals surface area contributed by atoms with E-state index in [4.69, 9.17) is 36.9 Å². The molecule has 0 unspecified atom stereocenters. The maximum Gasteiger partial charge on any atom is 0.250 e. The molecule has 3 rings (SSSR count). The minimum atomic E-state index is 0.287. The average molecular weight is 368 g/mol. The third kappa shape index (κ3) is 3.88. The summed E-state index contributed by atoms with van der Waals surface area (Å²) < 4.78 is 16.2. The molecule has 0 bridgehead atoms. The maximum atomic E-state index is 6.27. The van der Waals surface area contributed by atoms with Crippen LogP contribution in [-0.4, -0.2) is 22.0 Å². The first-order valence-electron chi connectivity index (χ1n) is 7.37. The summed E-state index contributed by atoms with van der Waals surface area (Å²) >= 11 is 12.5. The van der Waals surface area contributed by atoms with Gasteiger partial charge in [0.2, 0.25) is 5.89 Å². The van der Waals surface area contributed by atoms with E-state index in [1.165, 1.54) is 0 Å². The van der Waals surface area contributed by atoms with E-state index in [1.807, 2.05) is 13.0 Å². The van der Waals surface area contributed by atoms with Crippen LogP contribution >= 0.6 is 23.2 Å². The number of rotatable bonds is 6. The molecule has 0 aliphatic carbocycles. The molecule has 6 nitrogen and oxygen atoms in total. The first-order valence-corrected chi connectivity index (χ1v) is 8.13. The molecule has 0 radical (unpaired) electrons. The second-order valence-corrected chi connectivity index (χ2v) is 6.09. The summed E-state index contributed by atoms with van der Waals surface area (Å²) in [5.41, 5.74) is 1.37. The Morgan fingerprint density at radius 2 is 1.83 bits per heavy atom. The van der Waals surface area contributed by atoms with E-state index in [2.05, 4.69) is 15.4 Å². The molecule has 0 N–H and O–H groups in total. The molecule has 0 atom stereocenters. The lowest BCUT2D eigenvalue weighted by molar-refractivity contribution is 0.300. The molecule has 0 aliphatic heterocycles. The van der Waals surface area contributed by atoms with Gasteiger partial charge in [0.05, 0.1) is 27.9 Å². The first-order chi connectivity index (χ1) is 11.5. The number of benzene rings is 1. The monoisotopic (exact) mass is 367 g/mol. The van der Waals surface area contributed by atoms with Crippen LogP contribution in [0.5, 0.6) is 5.75 Å². The van der Waals surface area contributed by atoms with Crippen molar-refractivity contribution in [3.05, 3.63) is 45.6 Å². The van der Waals surface area contributed by atoms with E-state index in [9.17, 15) is 0 Å². The van der Waals surface area contributed by atoms with Gasteiger partial charge in [-0.05, 0) is 25.5 Å². The van der Waals surface area contributed by atoms with E-state index in [0.29, 0.717) is 33.9 Å². The molecular formula is C16H15Cl2N3O3. The predicted octanol–water partition coefficient (Wildman–Crippen LogP) is 4.66. The van der Waals surface area contributed by atoms with Gasteiger partial charge >= 0.3 is 0 Å². The number of ether oxygens (including phenoxy) is 1. The summed E-state index contributed by atoms with van der Waals surface area (Å²) in [6.45, 7) is 4.09. The third-order valence-electron chi connectivity index (χ3n) is 3.27. The Morgan fingerprint density at radius 3 is 2.42 bits per heavy atom. The van der Waals surface area contributed by atoms with Crippen LogP contribution < -0.4 is 4.74 Å². The number of hydrogen-bond donors (Lipinski definition) is 0.